The summed E-state index contributed by atoms with van der Waals surface area (Å²) in [4.78, 5) is 24.9. The van der Waals surface area contributed by atoms with Crippen molar-refractivity contribution >= 4 is 215 Å². The first-order chi connectivity index (χ1) is 65.5. The average Bonchev–Trinajstić information content (AvgIpc) is 1.55. The zero-order valence-corrected chi connectivity index (χ0v) is 72.6. The van der Waals surface area contributed by atoms with E-state index in [1.807, 2.05) is 71.9 Å². The predicted molar refractivity (Wildman–Crippen MR) is 558 cm³/mol. The van der Waals surface area contributed by atoms with Crippen LogP contribution in [0.4, 0.5) is 0 Å². The highest BCUT2D eigenvalue weighted by Gasteiger charge is 2.26. The van der Waals surface area contributed by atoms with Gasteiger partial charge < -0.3 is 13.7 Å². The summed E-state index contributed by atoms with van der Waals surface area (Å²) >= 11 is 3.72. The Balaban J connectivity index is 0.000000103. The van der Waals surface area contributed by atoms with E-state index in [2.05, 4.69) is 413 Å². The fourth-order valence-electron chi connectivity index (χ4n) is 21.2. The van der Waals surface area contributed by atoms with E-state index in [0.717, 1.165) is 83.3 Å². The minimum absolute atomic E-state index is 0.869. The summed E-state index contributed by atoms with van der Waals surface area (Å²) in [5.41, 5.74) is 25.1. The summed E-state index contributed by atoms with van der Waals surface area (Å²) in [5, 5.41) is 25.8. The molecule has 614 valence electrons. The van der Waals surface area contributed by atoms with Gasteiger partial charge in [-0.2, -0.15) is 0 Å². The van der Waals surface area contributed by atoms with Crippen LogP contribution in [0, 0.1) is 0 Å². The molecular formula is C121H73N9S2. The largest absolute Gasteiger partial charge is 0.309 e. The molecule has 29 aromatic rings. The van der Waals surface area contributed by atoms with Gasteiger partial charge in [-0.05, 0) is 177 Å². The molecule has 0 atom stereocenters. The van der Waals surface area contributed by atoms with Gasteiger partial charge in [0.05, 0.1) is 90.1 Å². The van der Waals surface area contributed by atoms with Crippen LogP contribution in [0.15, 0.2) is 443 Å². The number of thiophene rings is 2. The van der Waals surface area contributed by atoms with Gasteiger partial charge in [0, 0.05) is 146 Å². The lowest BCUT2D eigenvalue weighted by Crippen LogP contribution is -2.01. The van der Waals surface area contributed by atoms with Crippen molar-refractivity contribution < 1.29 is 0 Å². The molecule has 11 aromatic heterocycles. The standard InChI is InChI=1S/C48H30N4.C37H22N2S.C36H21N3S/c1-3-12-31(13-4-1)33-21-24-43-40(28-33)41-29-34(32-14-5-2-6-15-32)22-25-44(41)51(43)35-23-26-45(50-30-35)52-42-20-10-9-18-38(42)46-36-16-7-8-17-37(36)47-39(48(46)52)19-11-27-49-47;1-2-11-28-27(10-1)34-30-12-3-5-16-32(30)39(36(34)31-15-8-22-38-35(28)31)24-20-18-23(19-21-24)25-13-7-14-29-26-9-4-6-17-33(26)40-37(25)29;1-2-11-25-24(10-1)33-28-12-3-5-16-31(28)39(35(33)29-15-8-20-37-34(25)29)22-18-19-30(38-21-22)27-14-7-13-26-23-9-4-6-17-32(23)40-36(26)27/h1-30H;1-22H;1-21H. The molecule has 0 aliphatic heterocycles. The molecule has 18 aromatic carbocycles. The maximum absolute atomic E-state index is 5.23. The Morgan fingerprint density at radius 1 is 0.189 bits per heavy atom. The minimum Gasteiger partial charge on any atom is -0.309 e. The monoisotopic (exact) mass is 1720 g/mol. The van der Waals surface area contributed by atoms with Gasteiger partial charge in [0.1, 0.15) is 5.82 Å². The molecule has 0 aliphatic carbocycles. The Morgan fingerprint density at radius 2 is 0.538 bits per heavy atom. The lowest BCUT2D eigenvalue weighted by atomic mass is 9.99. The van der Waals surface area contributed by atoms with E-state index in [9.17, 15) is 0 Å². The predicted octanol–water partition coefficient (Wildman–Crippen LogP) is 32.7. The van der Waals surface area contributed by atoms with Gasteiger partial charge >= 0.3 is 0 Å². The normalized spacial score (nSPS) is 11.9. The molecule has 11 heteroatoms. The van der Waals surface area contributed by atoms with Crippen LogP contribution in [-0.4, -0.2) is 43.2 Å². The summed E-state index contributed by atoms with van der Waals surface area (Å²) in [7, 11) is 0. The molecule has 0 amide bonds. The second kappa shape index (κ2) is 30.3. The highest BCUT2D eigenvalue weighted by atomic mass is 32.1. The van der Waals surface area contributed by atoms with Crippen LogP contribution in [0.1, 0.15) is 0 Å². The molecule has 0 spiro atoms. The number of pyridine rings is 5. The quantitative estimate of drug-likeness (QED) is 0.142. The highest BCUT2D eigenvalue weighted by molar-refractivity contribution is 7.26. The Bertz CT molecular complexity index is 9350. The first-order valence-corrected chi connectivity index (χ1v) is 46.3. The number of hydrogen-bond acceptors (Lipinski definition) is 7. The molecule has 0 saturated carbocycles. The summed E-state index contributed by atoms with van der Waals surface area (Å²) in [6, 6.07) is 148. The fourth-order valence-corrected chi connectivity index (χ4v) is 23.7. The number of rotatable bonds is 8. The maximum Gasteiger partial charge on any atom is 0.137 e. The van der Waals surface area contributed by atoms with E-state index in [1.54, 1.807) is 0 Å². The van der Waals surface area contributed by atoms with E-state index in [-0.39, 0.29) is 0 Å². The van der Waals surface area contributed by atoms with Crippen LogP contribution >= 0.6 is 22.7 Å². The molecule has 0 unspecified atom stereocenters. The molecule has 11 heterocycles. The molecule has 0 radical (unpaired) electrons. The van der Waals surface area contributed by atoms with Crippen LogP contribution in [0.5, 0.6) is 0 Å². The Morgan fingerprint density at radius 3 is 1.00 bits per heavy atom. The van der Waals surface area contributed by atoms with Gasteiger partial charge in [0.2, 0.25) is 0 Å². The molecular weight excluding hydrogens is 1640 g/mol. The van der Waals surface area contributed by atoms with Gasteiger partial charge in [-0.15, -0.1) is 22.7 Å². The summed E-state index contributed by atoms with van der Waals surface area (Å²) < 4.78 is 14.7. The second-order valence-electron chi connectivity index (χ2n) is 34.0. The zero-order valence-electron chi connectivity index (χ0n) is 71.0. The van der Waals surface area contributed by atoms with Crippen molar-refractivity contribution in [3.05, 3.63) is 443 Å². The first kappa shape index (κ1) is 75.1. The SMILES string of the molecule is c1ccc(-c2ccc3c(c2)c2cc(-c4ccccc4)ccc2n3-c2ccc(-n3c4ccccc4c4c5ccccc5c5ncccc5c43)nc2)cc1.c1ccc2c(c1)sc1c(-c3ccc(-n4c5ccccc5c5c6ccccc6c6ncccc6c54)cc3)cccc12.c1ccc2c(c1)sc1c(-c3ccc(-n4c5ccccc5c5c6ccccc6c6ncccc6c54)cn3)cccc12. The molecule has 29 rings (SSSR count). The number of hydrogen-bond donors (Lipinski definition) is 0. The molecule has 132 heavy (non-hydrogen) atoms. The van der Waals surface area contributed by atoms with Crippen molar-refractivity contribution in [3.8, 4) is 67.5 Å². The molecule has 0 aliphatic rings. The van der Waals surface area contributed by atoms with Crippen molar-refractivity contribution in [1.82, 2.24) is 43.2 Å². The van der Waals surface area contributed by atoms with Gasteiger partial charge in [0.25, 0.3) is 0 Å². The van der Waals surface area contributed by atoms with Crippen molar-refractivity contribution in [1.29, 1.82) is 0 Å². The van der Waals surface area contributed by atoms with E-state index in [1.165, 1.54) is 177 Å². The van der Waals surface area contributed by atoms with E-state index < -0.39 is 0 Å². The van der Waals surface area contributed by atoms with Crippen LogP contribution in [0.25, 0.3) is 260 Å². The third kappa shape index (κ3) is 11.7. The van der Waals surface area contributed by atoms with Crippen LogP contribution in [-0.2, 0) is 0 Å². The van der Waals surface area contributed by atoms with E-state index in [0.29, 0.717) is 0 Å². The van der Waals surface area contributed by atoms with Crippen molar-refractivity contribution in [2.75, 3.05) is 0 Å². The highest BCUT2D eigenvalue weighted by Crippen LogP contribution is 2.49. The van der Waals surface area contributed by atoms with Gasteiger partial charge in [0.15, 0.2) is 0 Å². The smallest absolute Gasteiger partial charge is 0.137 e. The minimum atomic E-state index is 0.869. The van der Waals surface area contributed by atoms with Crippen molar-refractivity contribution in [2.45, 2.75) is 0 Å². The van der Waals surface area contributed by atoms with Gasteiger partial charge in [-0.3, -0.25) is 24.5 Å². The van der Waals surface area contributed by atoms with Crippen LogP contribution in [0.3, 0.4) is 0 Å². The fraction of sp³-hybridized carbons (Fsp3) is 0. The van der Waals surface area contributed by atoms with Crippen molar-refractivity contribution in [2.24, 2.45) is 0 Å². The molecule has 0 fully saturated rings. The number of fused-ring (bicyclic) bond motifs is 33. The van der Waals surface area contributed by atoms with E-state index >= 15 is 0 Å². The summed E-state index contributed by atoms with van der Waals surface area (Å²) in [6.07, 6.45) is 9.71. The maximum atomic E-state index is 5.23. The van der Waals surface area contributed by atoms with Crippen molar-refractivity contribution in [3.63, 3.8) is 0 Å². The second-order valence-corrected chi connectivity index (χ2v) is 36.1. The summed E-state index contributed by atoms with van der Waals surface area (Å²) in [5.74, 6) is 0.869. The lowest BCUT2D eigenvalue weighted by Gasteiger charge is -2.13. The first-order valence-electron chi connectivity index (χ1n) is 44.6. The Hall–Kier alpha value is -17.1. The third-order valence-corrected chi connectivity index (χ3v) is 29.3. The third-order valence-electron chi connectivity index (χ3n) is 26.9. The number of para-hydroxylation sites is 3. The molecule has 0 N–H and O–H groups in total. The molecule has 0 bridgehead atoms. The van der Waals surface area contributed by atoms with Crippen LogP contribution in [0.2, 0.25) is 0 Å². The Kier molecular flexibility index (Phi) is 17.2. The zero-order chi connectivity index (χ0) is 86.6. The lowest BCUT2D eigenvalue weighted by molar-refractivity contribution is 1.06. The average molecular weight is 1720 g/mol. The Labute approximate surface area is 763 Å². The molecule has 0 saturated heterocycles. The number of benzene rings is 18. The van der Waals surface area contributed by atoms with Gasteiger partial charge in [-0.1, -0.05) is 285 Å². The van der Waals surface area contributed by atoms with Gasteiger partial charge in [-0.25, -0.2) is 4.98 Å². The summed E-state index contributed by atoms with van der Waals surface area (Å²) in [6.45, 7) is 0. The topological polar surface area (TPSA) is 84.2 Å². The van der Waals surface area contributed by atoms with Crippen LogP contribution < -0.4 is 0 Å². The van der Waals surface area contributed by atoms with E-state index in [4.69, 9.17) is 24.9 Å². The number of aromatic nitrogens is 9. The number of nitrogens with zero attached hydrogens (tertiary/aromatic N) is 9. The molecule has 9 nitrogen and oxygen atoms in total.